The minimum Gasteiger partial charge on any atom is -0.481 e. The van der Waals surface area contributed by atoms with Crippen molar-refractivity contribution in [3.8, 4) is 0 Å². The molecule has 13 atom stereocenters. The molecule has 0 bridgehead atoms. The summed E-state index contributed by atoms with van der Waals surface area (Å²) in [5.74, 6) is -3.38. The Hall–Kier alpha value is -3.99. The summed E-state index contributed by atoms with van der Waals surface area (Å²) >= 11 is 0. The number of aliphatic carboxylic acids is 1. The van der Waals surface area contributed by atoms with Crippen LogP contribution in [-0.2, 0) is 66.7 Å². The highest BCUT2D eigenvalue weighted by Gasteiger charge is 2.52. The fraction of sp³-hybridized carbons (Fsp3) is 0.929. The molecule has 21 nitrogen and oxygen atoms in total. The normalized spacial score (nSPS) is 19.9. The summed E-state index contributed by atoms with van der Waals surface area (Å²) in [4.78, 5) is 92.8. The number of carbonyl (C=O) groups is 7. The highest BCUT2D eigenvalue weighted by molar-refractivity contribution is 5.78. The molecule has 0 aromatic heterocycles. The number of hydrogen-bond donors (Lipinski definition) is 7. The highest BCUT2D eigenvalue weighted by atomic mass is 16.7. The maximum Gasteiger partial charge on any atom is 0.310 e. The van der Waals surface area contributed by atoms with Crippen LogP contribution in [0.4, 0.5) is 0 Å². The first-order valence-corrected chi connectivity index (χ1v) is 50.0. The van der Waals surface area contributed by atoms with E-state index in [1.165, 1.54) is 238 Å². The van der Waals surface area contributed by atoms with Gasteiger partial charge in [0, 0.05) is 25.7 Å². The average Bonchev–Trinajstić information content (AvgIpc) is 0.781. The van der Waals surface area contributed by atoms with Crippen molar-refractivity contribution < 1.29 is 92.3 Å². The van der Waals surface area contributed by atoms with Crippen LogP contribution in [0, 0.1) is 5.92 Å². The van der Waals surface area contributed by atoms with Crippen molar-refractivity contribution in [1.82, 2.24) is 10.6 Å². The van der Waals surface area contributed by atoms with Gasteiger partial charge in [0.15, 0.2) is 24.8 Å². The molecule has 2 heterocycles. The molecule has 2 aliphatic rings. The molecule has 2 rings (SSSR count). The van der Waals surface area contributed by atoms with Gasteiger partial charge in [-0.2, -0.15) is 0 Å². The SMILES string of the molecule is CCCCCCCCCCCCCC(=O)O[C@H](CCCCCCCCCCC)CC(=O)OC1C(NC(=O)C[C@@H](CCCCCCCCCCC)OC(=O)CCCCCCCCCCC)C(OCC2OC(O)C(NC(=O)C[C@H](C)CCCCCCCCCCC)C(O)C2O)OC(CO)C1OC=O.CCCCCCCCCCCCCCCC(=O)O. The molecular weight excluding hydrogens is 1510 g/mol. The first-order valence-electron chi connectivity index (χ1n) is 50.0. The summed E-state index contributed by atoms with van der Waals surface area (Å²) in [7, 11) is 0. The zero-order valence-electron chi connectivity index (χ0n) is 77.2. The second kappa shape index (κ2) is 81.1. The van der Waals surface area contributed by atoms with Crippen LogP contribution < -0.4 is 10.6 Å². The van der Waals surface area contributed by atoms with E-state index in [1.54, 1.807) is 0 Å². The number of ether oxygens (including phenoxy) is 7. The molecule has 0 saturated carbocycles. The average molecular weight is 1690 g/mol. The third-order valence-corrected chi connectivity index (χ3v) is 24.1. The standard InChI is InChI=1S/C82H152N2O17.C16H32O2/c1-7-12-17-22-27-32-33-38-43-48-53-58-73(90)98-67(56-51-46-41-36-30-25-20-15-10-4)61-74(91)101-80-76(84-71(88)60-66(55-50-45-40-35-29-24-19-14-9-3)97-72(89)57-52-47-42-37-31-26-21-16-11-5)82(100-68(62-85)79(80)96-64-86)95-63-69-77(92)78(93)75(81(94)99-69)83-70(87)59-65(6)54-49-44-39-34-28-23-18-13-8-2;1-2-3-4-5-6-7-8-9-10-11-12-13-14-15-16(17)18/h64-69,75-82,85,92-94H,7-63H2,1-6H3,(H,83,87)(H,84,88);2-15H2,1H3,(H,17,18)/t65-,66-,67-,68?,69?,75?,76?,77?,78?,79?,80?,81?,82?;/m1./s1. The van der Waals surface area contributed by atoms with Crippen molar-refractivity contribution in [2.24, 2.45) is 5.92 Å². The lowest BCUT2D eigenvalue weighted by Crippen LogP contribution is -2.67. The number of carboxylic acids is 1. The molecule has 2 fully saturated rings. The number of aliphatic hydroxyl groups excluding tert-OH is 4. The van der Waals surface area contributed by atoms with Crippen molar-refractivity contribution in [2.75, 3.05) is 13.2 Å². The van der Waals surface area contributed by atoms with Gasteiger partial charge in [-0.1, -0.05) is 408 Å². The van der Waals surface area contributed by atoms with Crippen molar-refractivity contribution in [1.29, 1.82) is 0 Å². The number of amides is 2. The molecule has 0 aromatic rings. The third-order valence-electron chi connectivity index (χ3n) is 24.1. The first kappa shape index (κ1) is 113. The van der Waals surface area contributed by atoms with Gasteiger partial charge in [0.1, 0.15) is 48.7 Å². The summed E-state index contributed by atoms with van der Waals surface area (Å²) in [6, 6.07) is -2.92. The van der Waals surface area contributed by atoms with Crippen LogP contribution in [0.15, 0.2) is 0 Å². The van der Waals surface area contributed by atoms with Crippen LogP contribution in [0.3, 0.4) is 0 Å². The van der Waals surface area contributed by atoms with Crippen molar-refractivity contribution in [3.05, 3.63) is 0 Å². The van der Waals surface area contributed by atoms with Crippen LogP contribution in [0.25, 0.3) is 0 Å². The zero-order chi connectivity index (χ0) is 87.2. The van der Waals surface area contributed by atoms with E-state index >= 15 is 0 Å². The molecule has 0 aromatic carbocycles. The molecule has 10 unspecified atom stereocenters. The lowest BCUT2D eigenvalue weighted by Gasteiger charge is -2.46. The molecule has 7 N–H and O–H groups in total. The Bertz CT molecular complexity index is 2370. The largest absolute Gasteiger partial charge is 0.481 e. The number of hydrogen-bond acceptors (Lipinski definition) is 18. The van der Waals surface area contributed by atoms with Gasteiger partial charge in [-0.25, -0.2) is 0 Å². The topological polar surface area (TPSA) is 309 Å². The van der Waals surface area contributed by atoms with Gasteiger partial charge in [0.25, 0.3) is 6.47 Å². The van der Waals surface area contributed by atoms with E-state index in [-0.39, 0.29) is 44.5 Å². The number of aliphatic hydroxyl groups is 4. The van der Waals surface area contributed by atoms with Gasteiger partial charge in [0.2, 0.25) is 11.8 Å². The minimum absolute atomic E-state index is 0.0307. The smallest absolute Gasteiger partial charge is 0.310 e. The Balaban J connectivity index is 0.00000347. The maximum atomic E-state index is 14.8. The second-order valence-electron chi connectivity index (χ2n) is 35.5. The molecule has 0 aliphatic carbocycles. The van der Waals surface area contributed by atoms with Gasteiger partial charge in [0.05, 0.1) is 26.1 Å². The van der Waals surface area contributed by atoms with E-state index in [2.05, 4.69) is 52.2 Å². The van der Waals surface area contributed by atoms with Crippen LogP contribution in [0.5, 0.6) is 0 Å². The Labute approximate surface area is 725 Å². The number of carboxylic acid groups (broad SMARTS) is 1. The summed E-state index contributed by atoms with van der Waals surface area (Å²) < 4.78 is 42.6. The number of unbranched alkanes of at least 4 members (excludes halogenated alkanes) is 54. The number of esters is 3. The van der Waals surface area contributed by atoms with Crippen LogP contribution >= 0.6 is 0 Å². The zero-order valence-corrected chi connectivity index (χ0v) is 77.2. The molecule has 700 valence electrons. The van der Waals surface area contributed by atoms with E-state index in [4.69, 9.17) is 38.3 Å². The molecule has 2 aliphatic heterocycles. The van der Waals surface area contributed by atoms with E-state index in [9.17, 15) is 54.0 Å². The Morgan fingerprint density at radius 3 is 1.03 bits per heavy atom. The summed E-state index contributed by atoms with van der Waals surface area (Å²) in [6.07, 6.45) is 55.9. The second-order valence-corrected chi connectivity index (χ2v) is 35.5. The van der Waals surface area contributed by atoms with Crippen molar-refractivity contribution in [3.63, 3.8) is 0 Å². The molecule has 2 saturated heterocycles. The highest BCUT2D eigenvalue weighted by Crippen LogP contribution is 2.31. The molecule has 119 heavy (non-hydrogen) atoms. The summed E-state index contributed by atoms with van der Waals surface area (Å²) in [6.45, 7) is 14.0. The van der Waals surface area contributed by atoms with Gasteiger partial charge >= 0.3 is 23.9 Å². The summed E-state index contributed by atoms with van der Waals surface area (Å²) in [5.41, 5.74) is 0. The van der Waals surface area contributed by atoms with E-state index in [1.807, 2.05) is 6.92 Å². The van der Waals surface area contributed by atoms with Gasteiger partial charge in [-0.3, -0.25) is 33.6 Å². The van der Waals surface area contributed by atoms with E-state index < -0.39 is 122 Å². The molecule has 21 heteroatoms. The van der Waals surface area contributed by atoms with Crippen molar-refractivity contribution in [2.45, 2.75) is 565 Å². The van der Waals surface area contributed by atoms with E-state index in [0.29, 0.717) is 44.9 Å². The quantitative estimate of drug-likeness (QED) is 0.0129. The van der Waals surface area contributed by atoms with Crippen LogP contribution in [0.2, 0.25) is 0 Å². The maximum absolute atomic E-state index is 14.8. The predicted octanol–water partition coefficient (Wildman–Crippen LogP) is 23.1. The number of carbonyl (C=O) groups excluding carboxylic acids is 6. The molecule has 0 radical (unpaired) electrons. The van der Waals surface area contributed by atoms with Crippen molar-refractivity contribution >= 4 is 42.2 Å². The van der Waals surface area contributed by atoms with E-state index in [0.717, 1.165) is 128 Å². The third kappa shape index (κ3) is 63.6. The fourth-order valence-electron chi connectivity index (χ4n) is 16.5. The van der Waals surface area contributed by atoms with Gasteiger partial charge < -0.3 is 69.3 Å². The monoisotopic (exact) mass is 1690 g/mol. The number of rotatable bonds is 83. The van der Waals surface area contributed by atoms with Crippen LogP contribution in [0.1, 0.15) is 492 Å². The summed E-state index contributed by atoms with van der Waals surface area (Å²) in [5, 5.41) is 59.4. The Morgan fingerprint density at radius 1 is 0.361 bits per heavy atom. The van der Waals surface area contributed by atoms with Gasteiger partial charge in [-0.15, -0.1) is 0 Å². The fourth-order valence-corrected chi connectivity index (χ4v) is 16.5. The predicted molar refractivity (Wildman–Crippen MR) is 478 cm³/mol. The molecule has 0 spiro atoms. The molecule has 2 amide bonds. The minimum atomic E-state index is -1.80. The number of nitrogens with one attached hydrogen (secondary N) is 2. The lowest BCUT2D eigenvalue weighted by atomic mass is 9.94. The first-order chi connectivity index (χ1) is 57.9. The van der Waals surface area contributed by atoms with Crippen LogP contribution in [-0.4, -0.2) is 154 Å². The Kier molecular flexibility index (Phi) is 77.0. The lowest BCUT2D eigenvalue weighted by molar-refractivity contribution is -0.299. The van der Waals surface area contributed by atoms with Gasteiger partial charge in [-0.05, 0) is 50.9 Å². The Morgan fingerprint density at radius 2 is 0.681 bits per heavy atom. The molecular formula is C98H184N2O19.